The van der Waals surface area contributed by atoms with Crippen LogP contribution in [0.4, 0.5) is 4.79 Å². The maximum absolute atomic E-state index is 12.8. The van der Waals surface area contributed by atoms with E-state index in [0.29, 0.717) is 13.0 Å². The summed E-state index contributed by atoms with van der Waals surface area (Å²) in [7, 11) is 2.80. The molecule has 1 spiro atoms. The van der Waals surface area contributed by atoms with Gasteiger partial charge >= 0.3 is 12.0 Å². The Hall–Kier alpha value is -2.48. The van der Waals surface area contributed by atoms with Crippen molar-refractivity contribution in [2.45, 2.75) is 95.3 Å². The number of nitrogens with one attached hydrogen (secondary N) is 3. The minimum absolute atomic E-state index is 0.0417. The molecular weight excluding hydrogens is 554 g/mol. The molecule has 2 saturated heterocycles. The van der Waals surface area contributed by atoms with Crippen molar-refractivity contribution in [2.24, 2.45) is 5.92 Å². The van der Waals surface area contributed by atoms with Crippen LogP contribution in [0.5, 0.6) is 0 Å². The molecule has 7 atom stereocenters. The highest BCUT2D eigenvalue weighted by atomic mass is 32.2. The number of carbonyl (C=O) groups is 5. The third kappa shape index (κ3) is 8.76. The van der Waals surface area contributed by atoms with Gasteiger partial charge in [-0.25, -0.2) is 9.59 Å². The van der Waals surface area contributed by atoms with Crippen molar-refractivity contribution < 1.29 is 42.9 Å². The van der Waals surface area contributed by atoms with Crippen molar-refractivity contribution in [3.8, 4) is 0 Å². The van der Waals surface area contributed by atoms with E-state index in [1.165, 1.54) is 19.6 Å². The van der Waals surface area contributed by atoms with Gasteiger partial charge in [0.15, 0.2) is 0 Å². The Kier molecular flexibility index (Phi) is 11.4. The predicted octanol–water partition coefficient (Wildman–Crippen LogP) is 1.65. The highest BCUT2D eigenvalue weighted by molar-refractivity contribution is 8.00. The second-order valence-electron chi connectivity index (χ2n) is 11.4. The molecule has 41 heavy (non-hydrogen) atoms. The van der Waals surface area contributed by atoms with Crippen molar-refractivity contribution in [3.63, 3.8) is 0 Å². The van der Waals surface area contributed by atoms with Crippen molar-refractivity contribution in [2.75, 3.05) is 32.3 Å². The number of imide groups is 1. The van der Waals surface area contributed by atoms with E-state index in [9.17, 15) is 24.0 Å². The van der Waals surface area contributed by atoms with Crippen molar-refractivity contribution >= 4 is 41.4 Å². The fourth-order valence-electron chi connectivity index (χ4n) is 5.65. The summed E-state index contributed by atoms with van der Waals surface area (Å²) in [6.45, 7) is 8.18. The lowest BCUT2D eigenvalue weighted by atomic mass is 9.67. The van der Waals surface area contributed by atoms with Crippen LogP contribution in [0, 0.1) is 5.92 Å². The van der Waals surface area contributed by atoms with Crippen LogP contribution in [0.25, 0.3) is 0 Å². The van der Waals surface area contributed by atoms with Crippen LogP contribution in [0.3, 0.4) is 0 Å². The van der Waals surface area contributed by atoms with Crippen LogP contribution in [0.15, 0.2) is 11.6 Å². The van der Waals surface area contributed by atoms with Crippen LogP contribution < -0.4 is 16.0 Å². The molecule has 13 heteroatoms. The summed E-state index contributed by atoms with van der Waals surface area (Å²) in [6.07, 6.45) is 4.02. The highest BCUT2D eigenvalue weighted by Gasteiger charge is 2.71. The molecule has 3 rings (SSSR count). The number of Topliss-reactive ketones (excluding diaryl/α,β-unsaturated/α-hetero) is 1. The first-order valence-electron chi connectivity index (χ1n) is 13.9. The van der Waals surface area contributed by atoms with Crippen molar-refractivity contribution in [3.05, 3.63) is 11.6 Å². The molecule has 0 radical (unpaired) electrons. The molecule has 1 unspecified atom stereocenters. The summed E-state index contributed by atoms with van der Waals surface area (Å²) in [6, 6.07) is -1.98. The Bertz CT molecular complexity index is 1040. The molecule has 3 N–H and O–H groups in total. The molecule has 3 aliphatic rings. The first kappa shape index (κ1) is 33.0. The Morgan fingerprint density at radius 2 is 1.80 bits per heavy atom. The number of hydrogen-bond acceptors (Lipinski definition) is 10. The second-order valence-corrected chi connectivity index (χ2v) is 12.4. The number of thioether (sulfide) groups is 1. The summed E-state index contributed by atoms with van der Waals surface area (Å²) in [4.78, 5) is 60.4. The summed E-state index contributed by atoms with van der Waals surface area (Å²) in [5.74, 6) is -1.98. The molecule has 0 bridgehead atoms. The first-order chi connectivity index (χ1) is 19.3. The zero-order valence-corrected chi connectivity index (χ0v) is 25.5. The number of urea groups is 1. The maximum atomic E-state index is 12.8. The first-order valence-corrected chi connectivity index (χ1v) is 15.0. The minimum Gasteiger partial charge on any atom is -0.467 e. The number of amides is 4. The molecule has 2 heterocycles. The standard InChI is InChI=1S/C28H43N3O9S/c1-16(2)7-9-20-27(4,40-20)24-23(37-5)18(11-12-28(24)15-39-28)30-26(36)31-22(34)14-41-13-19(25(35)38-6)29-21(33)10-8-17(3)32/h7,18-20,23-24H,8-15H2,1-6H3,(H,29,33)(H2,30,31,34,36)/t18-,19+,20-,23-,24-,27?,28+/m1/s1. The number of hydrogen-bond donors (Lipinski definition) is 3. The molecule has 2 aliphatic heterocycles. The van der Waals surface area contributed by atoms with Gasteiger partial charge in [0.2, 0.25) is 11.8 Å². The quantitative estimate of drug-likeness (QED) is 0.152. The Morgan fingerprint density at radius 1 is 1.10 bits per heavy atom. The SMILES string of the molecule is COC(=O)[C@H](CSCC(=O)NC(=O)N[C@@H]1CC[C@]2(CO2)[C@@H](C2(C)O[C@@H]2CC=C(C)C)[C@@H]1OC)NC(=O)CCC(C)=O. The van der Waals surface area contributed by atoms with Gasteiger partial charge in [-0.15, -0.1) is 11.8 Å². The predicted molar refractivity (Wildman–Crippen MR) is 151 cm³/mol. The Labute approximate surface area is 245 Å². The van der Waals surface area contributed by atoms with Gasteiger partial charge < -0.3 is 34.4 Å². The summed E-state index contributed by atoms with van der Waals surface area (Å²) >= 11 is 1.06. The normalized spacial score (nSPS) is 30.5. The van der Waals surface area contributed by atoms with Gasteiger partial charge in [-0.3, -0.25) is 14.9 Å². The maximum Gasteiger partial charge on any atom is 0.329 e. The smallest absolute Gasteiger partial charge is 0.329 e. The summed E-state index contributed by atoms with van der Waals surface area (Å²) < 4.78 is 22.8. The van der Waals surface area contributed by atoms with E-state index < -0.39 is 35.5 Å². The zero-order valence-electron chi connectivity index (χ0n) is 24.7. The van der Waals surface area contributed by atoms with Crippen LogP contribution >= 0.6 is 11.8 Å². The fraction of sp³-hybridized carbons (Fsp3) is 0.750. The summed E-state index contributed by atoms with van der Waals surface area (Å²) in [5.41, 5.74) is 0.458. The number of ether oxygens (including phenoxy) is 4. The fourth-order valence-corrected chi connectivity index (χ4v) is 6.48. The molecule has 230 valence electrons. The molecule has 3 fully saturated rings. The lowest BCUT2D eigenvalue weighted by Crippen LogP contribution is -2.60. The average Bonchev–Trinajstić information content (AvgIpc) is 3.82. The number of allylic oxidation sites excluding steroid dienone is 1. The van der Waals surface area contributed by atoms with Crippen molar-refractivity contribution in [1.29, 1.82) is 0 Å². The second kappa shape index (κ2) is 14.1. The topological polar surface area (TPSA) is 165 Å². The third-order valence-electron chi connectivity index (χ3n) is 7.91. The van der Waals surface area contributed by atoms with E-state index in [-0.39, 0.29) is 59.9 Å². The molecule has 12 nitrogen and oxygen atoms in total. The molecule has 0 aromatic heterocycles. The van der Waals surface area contributed by atoms with E-state index in [2.05, 4.69) is 42.8 Å². The number of esters is 1. The van der Waals surface area contributed by atoms with Gasteiger partial charge in [-0.05, 0) is 47.0 Å². The van der Waals surface area contributed by atoms with Crippen LogP contribution in [0.2, 0.25) is 0 Å². The minimum atomic E-state index is -0.990. The molecular formula is C28H43N3O9S. The largest absolute Gasteiger partial charge is 0.467 e. The van der Waals surface area contributed by atoms with E-state index >= 15 is 0 Å². The Balaban J connectivity index is 1.50. The number of epoxide rings is 2. The highest BCUT2D eigenvalue weighted by Crippen LogP contribution is 2.59. The van der Waals surface area contributed by atoms with Gasteiger partial charge in [-0.1, -0.05) is 11.6 Å². The third-order valence-corrected chi connectivity index (χ3v) is 8.94. The molecule has 4 amide bonds. The molecule has 0 aromatic rings. The average molecular weight is 598 g/mol. The summed E-state index contributed by atoms with van der Waals surface area (Å²) in [5, 5.41) is 7.75. The van der Waals surface area contributed by atoms with Crippen molar-refractivity contribution in [1.82, 2.24) is 16.0 Å². The van der Waals surface area contributed by atoms with Gasteiger partial charge in [0, 0.05) is 31.6 Å². The van der Waals surface area contributed by atoms with Gasteiger partial charge in [0.25, 0.3) is 0 Å². The molecule has 1 saturated carbocycles. The van der Waals surface area contributed by atoms with E-state index in [4.69, 9.17) is 18.9 Å². The lowest BCUT2D eigenvalue weighted by molar-refractivity contribution is -0.144. The lowest BCUT2D eigenvalue weighted by Gasteiger charge is -2.43. The number of ketones is 1. The molecule has 0 aromatic carbocycles. The van der Waals surface area contributed by atoms with Crippen LogP contribution in [-0.2, 0) is 38.1 Å². The number of methoxy groups -OCH3 is 2. The number of rotatable bonds is 14. The van der Waals surface area contributed by atoms with Gasteiger partial charge in [0.05, 0.1) is 43.3 Å². The number of carbonyl (C=O) groups excluding carboxylic acids is 5. The van der Waals surface area contributed by atoms with Gasteiger partial charge in [0.1, 0.15) is 17.4 Å². The van der Waals surface area contributed by atoms with E-state index in [1.54, 1.807) is 7.11 Å². The van der Waals surface area contributed by atoms with E-state index in [1.807, 2.05) is 0 Å². The zero-order chi connectivity index (χ0) is 30.4. The van der Waals surface area contributed by atoms with Crippen LogP contribution in [-0.4, -0.2) is 97.4 Å². The Morgan fingerprint density at radius 3 is 2.39 bits per heavy atom. The van der Waals surface area contributed by atoms with E-state index in [0.717, 1.165) is 24.6 Å². The molecule has 1 aliphatic carbocycles. The van der Waals surface area contributed by atoms with Crippen LogP contribution in [0.1, 0.15) is 59.8 Å². The monoisotopic (exact) mass is 597 g/mol. The van der Waals surface area contributed by atoms with Gasteiger partial charge in [-0.2, -0.15) is 0 Å².